The van der Waals surface area contributed by atoms with Crippen LogP contribution in [0.5, 0.6) is 0 Å². The van der Waals surface area contributed by atoms with Crippen LogP contribution in [0, 0.1) is 0 Å². The first kappa shape index (κ1) is 21.7. The minimum atomic E-state index is -1.11. The van der Waals surface area contributed by atoms with Crippen LogP contribution in [0.1, 0.15) is 18.4 Å². The van der Waals surface area contributed by atoms with Gasteiger partial charge in [-0.3, -0.25) is 19.8 Å². The minimum absolute atomic E-state index is 0.111. The van der Waals surface area contributed by atoms with Gasteiger partial charge in [-0.2, -0.15) is 9.78 Å². The second kappa shape index (κ2) is 8.33. The first-order valence-electron chi connectivity index (χ1n) is 10.8. The molecule has 2 radical (unpaired) electrons. The fraction of sp³-hybridized carbons (Fsp3) is 0.261. The number of fused-ring (bicyclic) bond motifs is 1. The number of piperidine rings is 1. The van der Waals surface area contributed by atoms with Crippen molar-refractivity contribution in [3.8, 4) is 0 Å². The van der Waals surface area contributed by atoms with Crippen LogP contribution in [0.25, 0.3) is 10.9 Å². The molecule has 2 fully saturated rings. The Morgan fingerprint density at radius 1 is 1.09 bits per heavy atom. The summed E-state index contributed by atoms with van der Waals surface area (Å²) in [4.78, 5) is 52.5. The summed E-state index contributed by atoms with van der Waals surface area (Å²) in [5.41, 5.74) is 0.735. The van der Waals surface area contributed by atoms with Crippen LogP contribution in [0.2, 0.25) is 0 Å². The van der Waals surface area contributed by atoms with Crippen LogP contribution >= 0.6 is 0 Å². The normalized spacial score (nSPS) is 17.3. The molecule has 170 valence electrons. The molecule has 5 rings (SSSR count). The Morgan fingerprint density at radius 3 is 2.53 bits per heavy atom. The second-order valence-electron chi connectivity index (χ2n) is 8.29. The predicted octanol–water partition coefficient (Wildman–Crippen LogP) is 2.40. The number of nitrogens with zero attached hydrogens (tertiary/aromatic N) is 4. The van der Waals surface area contributed by atoms with Crippen molar-refractivity contribution in [3.63, 3.8) is 0 Å². The van der Waals surface area contributed by atoms with Gasteiger partial charge in [0.2, 0.25) is 7.85 Å². The number of hydrogen-bond acceptors (Lipinski definition) is 6. The molecule has 2 saturated heterocycles. The number of urea groups is 1. The van der Waals surface area contributed by atoms with E-state index in [0.717, 1.165) is 10.2 Å². The van der Waals surface area contributed by atoms with Crippen LogP contribution in [0.4, 0.5) is 20.1 Å². The van der Waals surface area contributed by atoms with E-state index in [4.69, 9.17) is 12.6 Å². The number of anilines is 1. The number of likely N-dealkylation sites (tertiary alicyclic amines) is 1. The van der Waals surface area contributed by atoms with Gasteiger partial charge in [0, 0.05) is 24.2 Å². The highest BCUT2D eigenvalue weighted by atomic mass is 16.6. The van der Waals surface area contributed by atoms with Gasteiger partial charge in [0.25, 0.3) is 5.91 Å². The van der Waals surface area contributed by atoms with Crippen molar-refractivity contribution in [1.29, 1.82) is 0 Å². The van der Waals surface area contributed by atoms with Crippen molar-refractivity contribution in [2.75, 3.05) is 18.0 Å². The summed E-state index contributed by atoms with van der Waals surface area (Å²) in [5, 5.41) is 7.14. The molecular weight excluding hydrogens is 437 g/mol. The quantitative estimate of drug-likeness (QED) is 0.478. The number of imide groups is 1. The molecule has 2 aliphatic rings. The standard InChI is InChI=1S/C23H20BN5O5/c24-20(31)27-10-8-23(9-11-27)19(30)26-21(32)28(23)17-6-7-18-16(12-17)13-25-29(18)22(33)34-14-15-4-2-1-3-5-15/h1-7,12-13H,8-11,14H2,(H,26,30,32). The average Bonchev–Trinajstić information content (AvgIpc) is 3.36. The molecule has 3 heterocycles. The summed E-state index contributed by atoms with van der Waals surface area (Å²) in [7, 11) is 5.36. The molecule has 1 aromatic heterocycles. The fourth-order valence-electron chi connectivity index (χ4n) is 4.56. The van der Waals surface area contributed by atoms with E-state index in [1.54, 1.807) is 18.2 Å². The van der Waals surface area contributed by atoms with E-state index in [1.807, 2.05) is 30.3 Å². The molecule has 0 saturated carbocycles. The lowest BCUT2D eigenvalue weighted by atomic mass is 9.85. The summed E-state index contributed by atoms with van der Waals surface area (Å²) >= 11 is 0. The van der Waals surface area contributed by atoms with Crippen LogP contribution in [-0.4, -0.2) is 65.0 Å². The molecular formula is C23H20BN5O5. The van der Waals surface area contributed by atoms with Crippen molar-refractivity contribution < 1.29 is 23.9 Å². The maximum absolute atomic E-state index is 12.8. The molecule has 2 aliphatic heterocycles. The first-order valence-corrected chi connectivity index (χ1v) is 10.8. The molecule has 0 atom stereocenters. The Labute approximate surface area is 195 Å². The van der Waals surface area contributed by atoms with Gasteiger partial charge in [-0.05, 0) is 36.6 Å². The second-order valence-corrected chi connectivity index (χ2v) is 8.29. The van der Waals surface area contributed by atoms with E-state index < -0.39 is 29.4 Å². The molecule has 1 N–H and O–H groups in total. The van der Waals surface area contributed by atoms with Gasteiger partial charge in [-0.15, -0.1) is 0 Å². The number of nitrogens with one attached hydrogen (secondary N) is 1. The van der Waals surface area contributed by atoms with Crippen LogP contribution in [-0.2, 0) is 16.1 Å². The molecule has 0 aliphatic carbocycles. The zero-order chi connectivity index (χ0) is 23.9. The number of aromatic nitrogens is 2. The van der Waals surface area contributed by atoms with E-state index >= 15 is 0 Å². The van der Waals surface area contributed by atoms with Gasteiger partial charge in [0.05, 0.1) is 11.7 Å². The van der Waals surface area contributed by atoms with Crippen molar-refractivity contribution in [2.24, 2.45) is 0 Å². The van der Waals surface area contributed by atoms with Gasteiger partial charge in [-0.25, -0.2) is 9.59 Å². The maximum Gasteiger partial charge on any atom is 0.435 e. The van der Waals surface area contributed by atoms with Crippen molar-refractivity contribution in [2.45, 2.75) is 25.0 Å². The van der Waals surface area contributed by atoms with Crippen LogP contribution < -0.4 is 10.2 Å². The molecule has 3 aromatic rings. The number of amides is 4. The van der Waals surface area contributed by atoms with E-state index in [-0.39, 0.29) is 32.5 Å². The highest BCUT2D eigenvalue weighted by molar-refractivity contribution is 6.56. The number of rotatable bonds is 3. The lowest BCUT2D eigenvalue weighted by molar-refractivity contribution is -0.124. The summed E-state index contributed by atoms with van der Waals surface area (Å²) in [5.74, 6) is -0.957. The van der Waals surface area contributed by atoms with Gasteiger partial charge >= 0.3 is 12.1 Å². The summed E-state index contributed by atoms with van der Waals surface area (Å²) in [6.45, 7) is 0.639. The van der Waals surface area contributed by atoms with Gasteiger partial charge < -0.3 is 9.64 Å². The van der Waals surface area contributed by atoms with Crippen molar-refractivity contribution in [3.05, 3.63) is 60.3 Å². The monoisotopic (exact) mass is 457 g/mol. The Hall–Kier alpha value is -4.15. The largest absolute Gasteiger partial charge is 0.443 e. The summed E-state index contributed by atoms with van der Waals surface area (Å²) in [6, 6.07) is 13.8. The zero-order valence-corrected chi connectivity index (χ0v) is 18.1. The Balaban J connectivity index is 1.40. The maximum atomic E-state index is 12.8. The SMILES string of the molecule is [B]C(=O)N1CCC2(CC1)C(=O)NC(=O)N2c1ccc2c(cnn2C(=O)OCc2ccccc2)c1. The van der Waals surface area contributed by atoms with Gasteiger partial charge in [-0.1, -0.05) is 30.3 Å². The van der Waals surface area contributed by atoms with E-state index in [1.165, 1.54) is 16.0 Å². The molecule has 10 nitrogen and oxygen atoms in total. The Morgan fingerprint density at radius 2 is 1.82 bits per heavy atom. The molecule has 2 aromatic carbocycles. The number of carbonyl (C=O) groups excluding carboxylic acids is 4. The highest BCUT2D eigenvalue weighted by Crippen LogP contribution is 2.38. The fourth-order valence-corrected chi connectivity index (χ4v) is 4.56. The van der Waals surface area contributed by atoms with Gasteiger partial charge in [0.1, 0.15) is 12.1 Å². The third kappa shape index (κ3) is 3.59. The Bertz CT molecular complexity index is 1300. The smallest absolute Gasteiger partial charge is 0.435 e. The molecule has 4 amide bonds. The van der Waals surface area contributed by atoms with E-state index in [0.29, 0.717) is 16.6 Å². The number of hydrogen-bond donors (Lipinski definition) is 1. The molecule has 11 heteroatoms. The zero-order valence-electron chi connectivity index (χ0n) is 18.1. The highest BCUT2D eigenvalue weighted by Gasteiger charge is 2.54. The van der Waals surface area contributed by atoms with Crippen LogP contribution in [0.15, 0.2) is 54.7 Å². The lowest BCUT2D eigenvalue weighted by Gasteiger charge is -2.42. The van der Waals surface area contributed by atoms with Crippen molar-refractivity contribution >= 4 is 48.3 Å². The lowest BCUT2D eigenvalue weighted by Crippen LogP contribution is -2.57. The van der Waals surface area contributed by atoms with E-state index in [2.05, 4.69) is 10.4 Å². The first-order chi connectivity index (χ1) is 16.4. The molecule has 0 bridgehead atoms. The average molecular weight is 457 g/mol. The third-order valence-corrected chi connectivity index (χ3v) is 6.36. The number of ether oxygens (including phenoxy) is 1. The minimum Gasteiger partial charge on any atom is -0.443 e. The summed E-state index contributed by atoms with van der Waals surface area (Å²) in [6.07, 6.45) is 1.39. The predicted molar refractivity (Wildman–Crippen MR) is 122 cm³/mol. The Kier molecular flexibility index (Phi) is 5.31. The third-order valence-electron chi connectivity index (χ3n) is 6.36. The number of carbonyl (C=O) groups is 4. The van der Waals surface area contributed by atoms with Gasteiger partial charge in [0.15, 0.2) is 5.81 Å². The van der Waals surface area contributed by atoms with E-state index in [9.17, 15) is 19.2 Å². The molecule has 1 spiro atoms. The molecule has 0 unspecified atom stereocenters. The molecule has 34 heavy (non-hydrogen) atoms. The number of benzene rings is 2. The topological polar surface area (TPSA) is 114 Å². The van der Waals surface area contributed by atoms with Crippen molar-refractivity contribution in [1.82, 2.24) is 20.0 Å². The van der Waals surface area contributed by atoms with Crippen LogP contribution in [0.3, 0.4) is 0 Å². The summed E-state index contributed by atoms with van der Waals surface area (Å²) < 4.78 is 6.51.